The fraction of sp³-hybridized carbons (Fsp3) is 0.0612. The highest BCUT2D eigenvalue weighted by atomic mass is 16.3. The minimum absolute atomic E-state index is 0.126. The Morgan fingerprint density at radius 2 is 1.06 bits per heavy atom. The highest BCUT2D eigenvalue weighted by molar-refractivity contribution is 6.16. The van der Waals surface area contributed by atoms with Gasteiger partial charge in [0, 0.05) is 33.1 Å². The van der Waals surface area contributed by atoms with Gasteiger partial charge in [0.15, 0.2) is 0 Å². The van der Waals surface area contributed by atoms with Gasteiger partial charge in [-0.3, -0.25) is 0 Å². The number of rotatable bonds is 5. The smallest absolute Gasteiger partial charge is 0.136 e. The van der Waals surface area contributed by atoms with Crippen LogP contribution in [0, 0.1) is 0 Å². The first-order chi connectivity index (χ1) is 25.1. The molecule has 2 heteroatoms. The van der Waals surface area contributed by atoms with Gasteiger partial charge in [0.1, 0.15) is 11.2 Å². The van der Waals surface area contributed by atoms with Crippen molar-refractivity contribution < 1.29 is 4.42 Å². The molecule has 10 rings (SSSR count). The number of hydrogen-bond donors (Lipinski definition) is 0. The van der Waals surface area contributed by atoms with Crippen molar-refractivity contribution in [3.05, 3.63) is 187 Å². The van der Waals surface area contributed by atoms with Crippen molar-refractivity contribution in [1.29, 1.82) is 0 Å². The molecule has 0 radical (unpaired) electrons. The van der Waals surface area contributed by atoms with E-state index in [0.717, 1.165) is 50.1 Å². The lowest BCUT2D eigenvalue weighted by molar-refractivity contribution is 0.660. The predicted molar refractivity (Wildman–Crippen MR) is 214 cm³/mol. The van der Waals surface area contributed by atoms with Crippen LogP contribution in [0.3, 0.4) is 0 Å². The van der Waals surface area contributed by atoms with E-state index < -0.39 is 0 Å². The highest BCUT2D eigenvalue weighted by Gasteiger charge is 2.36. The Kier molecular flexibility index (Phi) is 6.56. The molecule has 242 valence electrons. The monoisotopic (exact) mass is 653 g/mol. The molecule has 8 aromatic carbocycles. The third kappa shape index (κ3) is 4.50. The third-order valence-corrected chi connectivity index (χ3v) is 10.9. The molecule has 0 bridgehead atoms. The topological polar surface area (TPSA) is 16.4 Å². The first kappa shape index (κ1) is 29.5. The second-order valence-corrected chi connectivity index (χ2v) is 14.1. The van der Waals surface area contributed by atoms with Gasteiger partial charge in [-0.15, -0.1) is 0 Å². The number of furan rings is 1. The standard InChI is InChI=1S/C49H35NO/c1-49(2)42-25-10-8-20-37(42)38-30-29-34(31-43(38)49)50(33-17-4-3-5-18-33)44-26-13-23-39(36-22-12-16-32-15-6-7-19-35(32)36)47(44)41-24-14-28-46-48(41)40-21-9-11-27-45(40)51-46/h3-31H,1-2H3. The molecule has 1 aromatic heterocycles. The zero-order valence-corrected chi connectivity index (χ0v) is 28.6. The normalized spacial score (nSPS) is 13.1. The molecule has 0 saturated carbocycles. The molecule has 0 N–H and O–H groups in total. The fourth-order valence-corrected chi connectivity index (χ4v) is 8.51. The molecule has 1 aliphatic rings. The number of hydrogen-bond acceptors (Lipinski definition) is 2. The first-order valence-corrected chi connectivity index (χ1v) is 17.7. The van der Waals surface area contributed by atoms with E-state index in [-0.39, 0.29) is 5.41 Å². The number of nitrogens with zero attached hydrogens (tertiary/aromatic N) is 1. The van der Waals surface area contributed by atoms with Crippen LogP contribution in [-0.4, -0.2) is 0 Å². The molecule has 0 aliphatic heterocycles. The maximum Gasteiger partial charge on any atom is 0.136 e. The van der Waals surface area contributed by atoms with Gasteiger partial charge >= 0.3 is 0 Å². The first-order valence-electron chi connectivity index (χ1n) is 17.7. The second kappa shape index (κ2) is 11.3. The average Bonchev–Trinajstić information content (AvgIpc) is 3.67. The van der Waals surface area contributed by atoms with E-state index >= 15 is 0 Å². The lowest BCUT2D eigenvalue weighted by Gasteiger charge is -2.31. The Labute approximate surface area is 297 Å². The van der Waals surface area contributed by atoms with Crippen LogP contribution in [0.4, 0.5) is 17.1 Å². The Morgan fingerprint density at radius 1 is 0.431 bits per heavy atom. The van der Waals surface area contributed by atoms with Crippen molar-refractivity contribution >= 4 is 49.8 Å². The zero-order valence-electron chi connectivity index (χ0n) is 28.6. The molecule has 0 amide bonds. The van der Waals surface area contributed by atoms with E-state index in [9.17, 15) is 0 Å². The van der Waals surface area contributed by atoms with Crippen LogP contribution in [0.15, 0.2) is 180 Å². The molecule has 51 heavy (non-hydrogen) atoms. The van der Waals surface area contributed by atoms with Crippen molar-refractivity contribution in [1.82, 2.24) is 0 Å². The largest absolute Gasteiger partial charge is 0.456 e. The average molecular weight is 654 g/mol. The summed E-state index contributed by atoms with van der Waals surface area (Å²) in [5.74, 6) is 0. The quantitative estimate of drug-likeness (QED) is 0.184. The van der Waals surface area contributed by atoms with Crippen LogP contribution < -0.4 is 4.90 Å². The molecule has 0 saturated heterocycles. The molecule has 0 unspecified atom stereocenters. The summed E-state index contributed by atoms with van der Waals surface area (Å²) in [5.41, 5.74) is 15.0. The maximum atomic E-state index is 6.49. The summed E-state index contributed by atoms with van der Waals surface area (Å²) in [6.45, 7) is 4.71. The van der Waals surface area contributed by atoms with E-state index in [1.54, 1.807) is 0 Å². The summed E-state index contributed by atoms with van der Waals surface area (Å²) < 4.78 is 6.49. The molecule has 0 atom stereocenters. The van der Waals surface area contributed by atoms with Crippen molar-refractivity contribution in [3.63, 3.8) is 0 Å². The highest BCUT2D eigenvalue weighted by Crippen LogP contribution is 2.53. The molecule has 1 heterocycles. The van der Waals surface area contributed by atoms with E-state index in [4.69, 9.17) is 4.42 Å². The van der Waals surface area contributed by atoms with Crippen molar-refractivity contribution in [2.75, 3.05) is 4.90 Å². The van der Waals surface area contributed by atoms with Crippen LogP contribution >= 0.6 is 0 Å². The predicted octanol–water partition coefficient (Wildman–Crippen LogP) is 13.8. The van der Waals surface area contributed by atoms with E-state index in [0.29, 0.717) is 0 Å². The molecule has 2 nitrogen and oxygen atoms in total. The van der Waals surface area contributed by atoms with Crippen molar-refractivity contribution in [3.8, 4) is 33.4 Å². The summed E-state index contributed by atoms with van der Waals surface area (Å²) in [5, 5.41) is 4.69. The van der Waals surface area contributed by atoms with E-state index in [1.165, 1.54) is 44.2 Å². The van der Waals surface area contributed by atoms with Crippen LogP contribution in [-0.2, 0) is 5.41 Å². The number of anilines is 3. The molecular weight excluding hydrogens is 619 g/mol. The molecule has 0 fully saturated rings. The van der Waals surface area contributed by atoms with Gasteiger partial charge in [0.2, 0.25) is 0 Å². The Balaban J connectivity index is 1.31. The maximum absolute atomic E-state index is 6.49. The fourth-order valence-electron chi connectivity index (χ4n) is 8.51. The summed E-state index contributed by atoms with van der Waals surface area (Å²) in [7, 11) is 0. The SMILES string of the molecule is CC1(C)c2ccccc2-c2ccc(N(c3ccccc3)c3cccc(-c4cccc5ccccc45)c3-c3cccc4oc5ccccc5c34)cc21. The van der Waals surface area contributed by atoms with E-state index in [2.05, 4.69) is 189 Å². The van der Waals surface area contributed by atoms with Crippen LogP contribution in [0.25, 0.3) is 66.1 Å². The van der Waals surface area contributed by atoms with Crippen LogP contribution in [0.2, 0.25) is 0 Å². The van der Waals surface area contributed by atoms with Gasteiger partial charge in [-0.1, -0.05) is 147 Å². The van der Waals surface area contributed by atoms with Crippen molar-refractivity contribution in [2.45, 2.75) is 19.3 Å². The molecule has 1 aliphatic carbocycles. The lowest BCUT2D eigenvalue weighted by Crippen LogP contribution is -2.17. The van der Waals surface area contributed by atoms with Gasteiger partial charge in [-0.25, -0.2) is 0 Å². The lowest BCUT2D eigenvalue weighted by atomic mass is 9.82. The van der Waals surface area contributed by atoms with Crippen LogP contribution in [0.5, 0.6) is 0 Å². The summed E-state index contributed by atoms with van der Waals surface area (Å²) >= 11 is 0. The van der Waals surface area contributed by atoms with Gasteiger partial charge < -0.3 is 9.32 Å². The van der Waals surface area contributed by atoms with Gasteiger partial charge in [-0.2, -0.15) is 0 Å². The van der Waals surface area contributed by atoms with Crippen molar-refractivity contribution in [2.24, 2.45) is 0 Å². The Morgan fingerprint density at radius 3 is 1.96 bits per heavy atom. The summed E-state index contributed by atoms with van der Waals surface area (Å²) in [4.78, 5) is 2.45. The molecular formula is C49H35NO. The van der Waals surface area contributed by atoms with Gasteiger partial charge in [0.05, 0.1) is 5.69 Å². The van der Waals surface area contributed by atoms with Crippen LogP contribution in [0.1, 0.15) is 25.0 Å². The number of para-hydroxylation sites is 2. The second-order valence-electron chi connectivity index (χ2n) is 14.1. The summed E-state index contributed by atoms with van der Waals surface area (Å²) in [6, 6.07) is 63.7. The Hall–Kier alpha value is -6.38. The molecule has 0 spiro atoms. The minimum Gasteiger partial charge on any atom is -0.456 e. The number of fused-ring (bicyclic) bond motifs is 7. The van der Waals surface area contributed by atoms with Gasteiger partial charge in [-0.05, 0) is 92.2 Å². The Bertz CT molecular complexity index is 2780. The third-order valence-electron chi connectivity index (χ3n) is 10.9. The van der Waals surface area contributed by atoms with E-state index in [1.807, 2.05) is 6.07 Å². The number of benzene rings is 8. The molecule has 9 aromatic rings. The zero-order chi connectivity index (χ0) is 34.1. The minimum atomic E-state index is -0.126. The summed E-state index contributed by atoms with van der Waals surface area (Å²) in [6.07, 6.45) is 0. The van der Waals surface area contributed by atoms with Gasteiger partial charge in [0.25, 0.3) is 0 Å².